The molecule has 31 heavy (non-hydrogen) atoms. The maximum Gasteiger partial charge on any atom is 0.264 e. The number of carbonyl (C=O) groups is 2. The van der Waals surface area contributed by atoms with Gasteiger partial charge in [0.25, 0.3) is 5.91 Å². The van der Waals surface area contributed by atoms with Crippen LogP contribution in [0.15, 0.2) is 89.4 Å². The molecule has 1 aliphatic rings. The number of carbonyl (C=O) groups excluding carboxylic acids is 2. The van der Waals surface area contributed by atoms with E-state index in [1.54, 1.807) is 17.0 Å². The fraction of sp³-hybridized carbons (Fsp3) is 0.154. The van der Waals surface area contributed by atoms with Crippen molar-refractivity contribution in [2.75, 3.05) is 11.4 Å². The number of benzene rings is 3. The maximum atomic E-state index is 13.3. The van der Waals surface area contributed by atoms with Crippen LogP contribution in [0, 0.1) is 0 Å². The normalized spacial score (nSPS) is 17.9. The van der Waals surface area contributed by atoms with Gasteiger partial charge in [-0.1, -0.05) is 82.7 Å². The SMILES string of the molecule is O=C(/C=C/c1ccccc1)C[C@]1(O)C(=O)N(CCc2ccccc2)c2ccc(Br)cc21. The summed E-state index contributed by atoms with van der Waals surface area (Å²) in [5.41, 5.74) is 1.21. The van der Waals surface area contributed by atoms with Gasteiger partial charge in [0.05, 0.1) is 12.1 Å². The minimum absolute atomic E-state index is 0.305. The Labute approximate surface area is 190 Å². The molecule has 0 spiro atoms. The molecule has 5 heteroatoms. The molecule has 0 saturated heterocycles. The van der Waals surface area contributed by atoms with Crippen LogP contribution in [0.25, 0.3) is 6.08 Å². The molecule has 1 aliphatic heterocycles. The van der Waals surface area contributed by atoms with Gasteiger partial charge in [-0.25, -0.2) is 0 Å². The van der Waals surface area contributed by atoms with Gasteiger partial charge in [-0.15, -0.1) is 0 Å². The number of ketones is 1. The molecule has 3 aromatic carbocycles. The van der Waals surface area contributed by atoms with Gasteiger partial charge in [-0.3, -0.25) is 9.59 Å². The van der Waals surface area contributed by atoms with Crippen LogP contribution < -0.4 is 4.90 Å². The number of hydrogen-bond donors (Lipinski definition) is 1. The number of halogens is 1. The second-order valence-electron chi connectivity index (χ2n) is 7.60. The van der Waals surface area contributed by atoms with E-state index in [0.717, 1.165) is 15.6 Å². The van der Waals surface area contributed by atoms with Crippen molar-refractivity contribution in [1.29, 1.82) is 0 Å². The second-order valence-corrected chi connectivity index (χ2v) is 8.52. The van der Waals surface area contributed by atoms with Crippen molar-refractivity contribution >= 4 is 39.4 Å². The Kier molecular flexibility index (Phi) is 6.16. The first-order valence-electron chi connectivity index (χ1n) is 10.1. The number of anilines is 1. The van der Waals surface area contributed by atoms with E-state index in [-0.39, 0.29) is 12.2 Å². The van der Waals surface area contributed by atoms with Crippen LogP contribution in [0.4, 0.5) is 5.69 Å². The molecule has 0 bridgehead atoms. The summed E-state index contributed by atoms with van der Waals surface area (Å²) in [6.07, 6.45) is 3.46. The third-order valence-corrected chi connectivity index (χ3v) is 5.95. The van der Waals surface area contributed by atoms with Crippen molar-refractivity contribution in [3.05, 3.63) is 106 Å². The molecule has 1 heterocycles. The van der Waals surface area contributed by atoms with Crippen LogP contribution >= 0.6 is 15.9 Å². The van der Waals surface area contributed by atoms with Crippen LogP contribution in [0.2, 0.25) is 0 Å². The Morgan fingerprint density at radius 3 is 2.39 bits per heavy atom. The van der Waals surface area contributed by atoms with Crippen LogP contribution in [0.5, 0.6) is 0 Å². The van der Waals surface area contributed by atoms with E-state index in [2.05, 4.69) is 15.9 Å². The Balaban J connectivity index is 1.58. The van der Waals surface area contributed by atoms with Gasteiger partial charge in [0.2, 0.25) is 0 Å². The highest BCUT2D eigenvalue weighted by atomic mass is 79.9. The van der Waals surface area contributed by atoms with Gasteiger partial charge in [0.1, 0.15) is 0 Å². The molecular weight excluding hydrogens is 454 g/mol. The summed E-state index contributed by atoms with van der Waals surface area (Å²) < 4.78 is 0.745. The van der Waals surface area contributed by atoms with Crippen molar-refractivity contribution in [3.63, 3.8) is 0 Å². The highest BCUT2D eigenvalue weighted by Crippen LogP contribution is 2.43. The van der Waals surface area contributed by atoms with Crippen molar-refractivity contribution in [3.8, 4) is 0 Å². The molecule has 156 valence electrons. The topological polar surface area (TPSA) is 57.6 Å². The van der Waals surface area contributed by atoms with E-state index in [4.69, 9.17) is 0 Å². The Morgan fingerprint density at radius 2 is 1.68 bits per heavy atom. The number of nitrogens with zero attached hydrogens (tertiary/aromatic N) is 1. The molecule has 0 saturated carbocycles. The van der Waals surface area contributed by atoms with Crippen molar-refractivity contribution in [2.24, 2.45) is 0 Å². The number of aliphatic hydroxyl groups is 1. The lowest BCUT2D eigenvalue weighted by molar-refractivity contribution is -0.140. The smallest absolute Gasteiger partial charge is 0.264 e. The summed E-state index contributed by atoms with van der Waals surface area (Å²) in [5.74, 6) is -0.770. The Hall–Kier alpha value is -3.02. The monoisotopic (exact) mass is 475 g/mol. The third kappa shape index (κ3) is 4.53. The summed E-state index contributed by atoms with van der Waals surface area (Å²) >= 11 is 3.42. The third-order valence-electron chi connectivity index (χ3n) is 5.45. The van der Waals surface area contributed by atoms with E-state index >= 15 is 0 Å². The zero-order chi connectivity index (χ0) is 21.8. The van der Waals surface area contributed by atoms with E-state index in [0.29, 0.717) is 24.2 Å². The van der Waals surface area contributed by atoms with Crippen LogP contribution in [-0.2, 0) is 21.6 Å². The summed E-state index contributed by atoms with van der Waals surface area (Å²) in [6, 6.07) is 24.7. The van der Waals surface area contributed by atoms with Gasteiger partial charge in [0, 0.05) is 16.6 Å². The maximum absolute atomic E-state index is 13.3. The first-order chi connectivity index (χ1) is 15.0. The molecule has 4 nitrogen and oxygen atoms in total. The lowest BCUT2D eigenvalue weighted by atomic mass is 9.89. The molecule has 0 fully saturated rings. The van der Waals surface area contributed by atoms with Crippen molar-refractivity contribution in [2.45, 2.75) is 18.4 Å². The zero-order valence-corrected chi connectivity index (χ0v) is 18.5. The van der Waals surface area contributed by atoms with E-state index in [1.807, 2.05) is 72.8 Å². The minimum Gasteiger partial charge on any atom is -0.375 e. The number of allylic oxidation sites excluding steroid dienone is 1. The van der Waals surface area contributed by atoms with Gasteiger partial charge in [-0.05, 0) is 41.8 Å². The Morgan fingerprint density at radius 1 is 1.00 bits per heavy atom. The number of fused-ring (bicyclic) bond motifs is 1. The predicted octanol–water partition coefficient (Wildman–Crippen LogP) is 4.90. The van der Waals surface area contributed by atoms with E-state index in [9.17, 15) is 14.7 Å². The number of amides is 1. The molecule has 0 aliphatic carbocycles. The van der Waals surface area contributed by atoms with Gasteiger partial charge in [-0.2, -0.15) is 0 Å². The second kappa shape index (κ2) is 9.00. The van der Waals surface area contributed by atoms with Crippen molar-refractivity contribution < 1.29 is 14.7 Å². The fourth-order valence-corrected chi connectivity index (χ4v) is 4.23. The Bertz CT molecular complexity index is 1130. The highest BCUT2D eigenvalue weighted by molar-refractivity contribution is 9.10. The van der Waals surface area contributed by atoms with Crippen molar-refractivity contribution in [1.82, 2.24) is 0 Å². The van der Waals surface area contributed by atoms with Gasteiger partial charge in [0.15, 0.2) is 11.4 Å². The lowest BCUT2D eigenvalue weighted by Crippen LogP contribution is -2.42. The minimum atomic E-state index is -1.88. The fourth-order valence-electron chi connectivity index (χ4n) is 3.87. The summed E-state index contributed by atoms with van der Waals surface area (Å²) in [5, 5.41) is 11.4. The van der Waals surface area contributed by atoms with Gasteiger partial charge >= 0.3 is 0 Å². The summed E-state index contributed by atoms with van der Waals surface area (Å²) in [6.45, 7) is 0.424. The molecule has 1 amide bonds. The molecule has 0 unspecified atom stereocenters. The standard InChI is InChI=1S/C26H22BrNO3/c27-21-12-14-24-23(17-21)26(31,18-22(29)13-11-19-7-3-1-4-8-19)25(30)28(24)16-15-20-9-5-2-6-10-20/h1-14,17,31H,15-16,18H2/b13-11+/t26-/m1/s1. The molecule has 3 aromatic rings. The molecule has 0 aromatic heterocycles. The first kappa shape index (κ1) is 21.2. The highest BCUT2D eigenvalue weighted by Gasteiger charge is 2.50. The average Bonchev–Trinajstić information content (AvgIpc) is 2.98. The molecule has 4 rings (SSSR count). The summed E-state index contributed by atoms with van der Waals surface area (Å²) in [4.78, 5) is 27.6. The zero-order valence-electron chi connectivity index (χ0n) is 16.9. The number of hydrogen-bond acceptors (Lipinski definition) is 3. The van der Waals surface area contributed by atoms with Gasteiger partial charge < -0.3 is 10.0 Å². The first-order valence-corrected chi connectivity index (χ1v) is 10.9. The number of rotatable bonds is 7. The quantitative estimate of drug-likeness (QED) is 0.494. The molecule has 1 atom stereocenters. The predicted molar refractivity (Wildman–Crippen MR) is 126 cm³/mol. The molecule has 1 N–H and O–H groups in total. The summed E-state index contributed by atoms with van der Waals surface area (Å²) in [7, 11) is 0. The lowest BCUT2D eigenvalue weighted by Gasteiger charge is -2.22. The molecular formula is C26H22BrNO3. The average molecular weight is 476 g/mol. The van der Waals surface area contributed by atoms with Crippen LogP contribution in [0.1, 0.15) is 23.1 Å². The van der Waals surface area contributed by atoms with E-state index in [1.165, 1.54) is 6.08 Å². The van der Waals surface area contributed by atoms with Crippen LogP contribution in [-0.4, -0.2) is 23.3 Å². The molecule has 0 radical (unpaired) electrons. The van der Waals surface area contributed by atoms with E-state index < -0.39 is 11.5 Å². The largest absolute Gasteiger partial charge is 0.375 e. The van der Waals surface area contributed by atoms with Crippen LogP contribution in [0.3, 0.4) is 0 Å².